The van der Waals surface area contributed by atoms with Gasteiger partial charge in [0.15, 0.2) is 0 Å². The molecular formula is C18H13N3O4. The average Bonchev–Trinajstić information content (AvgIpc) is 3.02. The van der Waals surface area contributed by atoms with Crippen LogP contribution in [-0.2, 0) is 0 Å². The first-order valence-electron chi connectivity index (χ1n) is 7.52. The van der Waals surface area contributed by atoms with Gasteiger partial charge in [-0.05, 0) is 24.3 Å². The maximum atomic E-state index is 12.6. The molecule has 4 rings (SSSR count). The number of methoxy groups -OCH3 is 1. The number of hydrogen-bond acceptors (Lipinski definition) is 5. The summed E-state index contributed by atoms with van der Waals surface area (Å²) in [6.07, 6.45) is 0. The van der Waals surface area contributed by atoms with E-state index >= 15 is 0 Å². The molecule has 0 aliphatic carbocycles. The van der Waals surface area contributed by atoms with Gasteiger partial charge in [-0.3, -0.25) is 10.1 Å². The molecule has 25 heavy (non-hydrogen) atoms. The summed E-state index contributed by atoms with van der Waals surface area (Å²) in [7, 11) is 1.51. The maximum absolute atomic E-state index is 12.6. The normalized spacial score (nSPS) is 10.9. The van der Waals surface area contributed by atoms with Gasteiger partial charge in [-0.2, -0.15) is 0 Å². The Morgan fingerprint density at radius 3 is 2.84 bits per heavy atom. The smallest absolute Gasteiger partial charge is 0.337 e. The predicted molar refractivity (Wildman–Crippen MR) is 93.1 cm³/mol. The molecular weight excluding hydrogens is 322 g/mol. The first kappa shape index (κ1) is 14.9. The van der Waals surface area contributed by atoms with Crippen LogP contribution < -0.4 is 15.7 Å². The van der Waals surface area contributed by atoms with Gasteiger partial charge in [-0.25, -0.2) is 9.78 Å². The summed E-state index contributed by atoms with van der Waals surface area (Å²) >= 11 is 0. The molecule has 124 valence electrons. The van der Waals surface area contributed by atoms with Crippen LogP contribution in [0.1, 0.15) is 10.4 Å². The summed E-state index contributed by atoms with van der Waals surface area (Å²) in [4.78, 5) is 31.7. The Balaban J connectivity index is 1.75. The number of hydrogen-bond donors (Lipinski definition) is 2. The largest absolute Gasteiger partial charge is 0.497 e. The van der Waals surface area contributed by atoms with Crippen molar-refractivity contribution in [3.8, 4) is 5.75 Å². The fourth-order valence-corrected chi connectivity index (χ4v) is 2.64. The Bertz CT molecular complexity index is 1130. The van der Waals surface area contributed by atoms with Crippen LogP contribution in [0.25, 0.3) is 22.0 Å². The molecule has 2 heterocycles. The highest BCUT2D eigenvalue weighted by Crippen LogP contribution is 2.23. The number of fused-ring (bicyclic) bond motifs is 2. The molecule has 0 atom stereocenters. The number of aromatic amines is 1. The van der Waals surface area contributed by atoms with Crippen LogP contribution in [0.3, 0.4) is 0 Å². The first-order valence-corrected chi connectivity index (χ1v) is 7.52. The number of nitrogens with zero attached hydrogens (tertiary/aromatic N) is 1. The van der Waals surface area contributed by atoms with Crippen LogP contribution in [0, 0.1) is 0 Å². The molecule has 2 aromatic heterocycles. The number of benzene rings is 2. The molecule has 2 aromatic carbocycles. The van der Waals surface area contributed by atoms with Crippen molar-refractivity contribution in [1.82, 2.24) is 9.97 Å². The third kappa shape index (κ3) is 2.72. The zero-order valence-corrected chi connectivity index (χ0v) is 13.2. The number of carbonyl (C=O) groups is 1. The average molecular weight is 335 g/mol. The van der Waals surface area contributed by atoms with E-state index in [-0.39, 0.29) is 11.1 Å². The lowest BCUT2D eigenvalue weighted by Crippen LogP contribution is -2.16. The zero-order valence-electron chi connectivity index (χ0n) is 13.2. The van der Waals surface area contributed by atoms with Crippen LogP contribution in [0.15, 0.2) is 57.7 Å². The Morgan fingerprint density at radius 2 is 2.04 bits per heavy atom. The Morgan fingerprint density at radius 1 is 1.20 bits per heavy atom. The molecule has 0 aliphatic heterocycles. The molecule has 0 spiro atoms. The minimum atomic E-state index is -0.615. The van der Waals surface area contributed by atoms with E-state index < -0.39 is 11.5 Å². The predicted octanol–water partition coefficient (Wildman–Crippen LogP) is 2.93. The minimum Gasteiger partial charge on any atom is -0.497 e. The zero-order chi connectivity index (χ0) is 17.4. The minimum absolute atomic E-state index is 0.203. The number of para-hydroxylation sites is 2. The van der Waals surface area contributed by atoms with E-state index in [1.165, 1.54) is 7.11 Å². The molecule has 0 saturated heterocycles. The summed E-state index contributed by atoms with van der Waals surface area (Å²) in [5.41, 5.74) is 1.41. The van der Waals surface area contributed by atoms with Gasteiger partial charge in [-0.1, -0.05) is 12.1 Å². The molecule has 0 fully saturated rings. The summed E-state index contributed by atoms with van der Waals surface area (Å²) in [5.74, 6) is 0.383. The first-order chi connectivity index (χ1) is 12.1. The van der Waals surface area contributed by atoms with Crippen molar-refractivity contribution in [2.75, 3.05) is 12.4 Å². The number of rotatable bonds is 3. The van der Waals surface area contributed by atoms with E-state index in [9.17, 15) is 9.59 Å². The number of amides is 1. The van der Waals surface area contributed by atoms with Gasteiger partial charge in [0.2, 0.25) is 5.95 Å². The van der Waals surface area contributed by atoms with E-state index in [2.05, 4.69) is 15.3 Å². The number of nitrogens with one attached hydrogen (secondary N) is 2. The molecule has 7 nitrogen and oxygen atoms in total. The van der Waals surface area contributed by atoms with E-state index in [1.807, 2.05) is 24.3 Å². The number of anilines is 1. The number of imidazole rings is 1. The highest BCUT2D eigenvalue weighted by atomic mass is 16.5. The topological polar surface area (TPSA) is 97.2 Å². The Hall–Kier alpha value is -3.61. The lowest BCUT2D eigenvalue weighted by molar-refractivity contribution is 0.102. The molecule has 0 radical (unpaired) electrons. The van der Waals surface area contributed by atoms with Gasteiger partial charge < -0.3 is 14.1 Å². The third-order valence-corrected chi connectivity index (χ3v) is 3.82. The fraction of sp³-hybridized carbons (Fsp3) is 0.0556. The molecule has 0 unspecified atom stereocenters. The van der Waals surface area contributed by atoms with Crippen molar-refractivity contribution < 1.29 is 13.9 Å². The van der Waals surface area contributed by atoms with Crippen molar-refractivity contribution in [3.63, 3.8) is 0 Å². The quantitative estimate of drug-likeness (QED) is 0.561. The molecule has 7 heteroatoms. The Kier molecular flexibility index (Phi) is 3.46. The van der Waals surface area contributed by atoms with E-state index in [0.29, 0.717) is 17.1 Å². The molecule has 4 aromatic rings. The highest BCUT2D eigenvalue weighted by molar-refractivity contribution is 6.11. The number of aromatic nitrogens is 2. The van der Waals surface area contributed by atoms with Crippen LogP contribution in [-0.4, -0.2) is 23.0 Å². The van der Waals surface area contributed by atoms with Crippen LogP contribution >= 0.6 is 0 Å². The van der Waals surface area contributed by atoms with Gasteiger partial charge in [0.1, 0.15) is 11.3 Å². The van der Waals surface area contributed by atoms with Crippen LogP contribution in [0.2, 0.25) is 0 Å². The number of carbonyl (C=O) groups excluding carboxylic acids is 1. The van der Waals surface area contributed by atoms with Gasteiger partial charge in [0.05, 0.1) is 23.7 Å². The van der Waals surface area contributed by atoms with Crippen LogP contribution in [0.5, 0.6) is 5.75 Å². The van der Waals surface area contributed by atoms with Gasteiger partial charge in [-0.15, -0.1) is 0 Å². The number of ether oxygens (including phenoxy) is 1. The van der Waals surface area contributed by atoms with Gasteiger partial charge >= 0.3 is 5.63 Å². The summed E-state index contributed by atoms with van der Waals surface area (Å²) in [6.45, 7) is 0. The second kappa shape index (κ2) is 5.79. The molecule has 1 amide bonds. The van der Waals surface area contributed by atoms with E-state index in [1.54, 1.807) is 18.2 Å². The highest BCUT2D eigenvalue weighted by Gasteiger charge is 2.15. The van der Waals surface area contributed by atoms with Crippen molar-refractivity contribution in [2.24, 2.45) is 0 Å². The lowest BCUT2D eigenvalue weighted by Gasteiger charge is -2.06. The summed E-state index contributed by atoms with van der Waals surface area (Å²) in [6, 6.07) is 13.5. The van der Waals surface area contributed by atoms with Gasteiger partial charge in [0.25, 0.3) is 5.91 Å². The van der Waals surface area contributed by atoms with Crippen LogP contribution in [0.4, 0.5) is 5.95 Å². The van der Waals surface area contributed by atoms with Gasteiger partial charge in [0, 0.05) is 17.5 Å². The molecule has 0 bridgehead atoms. The standard InChI is InChI=1S/C18H13N3O4/c1-24-10-6-7-11-12(9-16(22)25-15(11)8-10)17(23)21-18-19-13-4-2-3-5-14(13)20-18/h2-9H,1H3,(H2,19,20,21,23). The van der Waals surface area contributed by atoms with Crippen molar-refractivity contribution in [3.05, 3.63) is 64.5 Å². The number of H-pyrrole nitrogens is 1. The molecule has 0 saturated carbocycles. The second-order valence-electron chi connectivity index (χ2n) is 5.40. The SMILES string of the molecule is COc1ccc2c(C(=O)Nc3nc4ccccc4[nH]3)cc(=O)oc2c1. The molecule has 0 aliphatic rings. The Labute approximate surface area is 141 Å². The third-order valence-electron chi connectivity index (χ3n) is 3.82. The van der Waals surface area contributed by atoms with E-state index in [4.69, 9.17) is 9.15 Å². The second-order valence-corrected chi connectivity index (χ2v) is 5.40. The summed E-state index contributed by atoms with van der Waals surface area (Å²) < 4.78 is 10.3. The van der Waals surface area contributed by atoms with Crippen molar-refractivity contribution in [2.45, 2.75) is 0 Å². The maximum Gasteiger partial charge on any atom is 0.337 e. The van der Waals surface area contributed by atoms with Crippen molar-refractivity contribution >= 4 is 33.9 Å². The van der Waals surface area contributed by atoms with Crippen molar-refractivity contribution in [1.29, 1.82) is 0 Å². The fourth-order valence-electron chi connectivity index (χ4n) is 2.64. The van der Waals surface area contributed by atoms with E-state index in [0.717, 1.165) is 17.1 Å². The summed E-state index contributed by atoms with van der Waals surface area (Å²) in [5, 5.41) is 3.19. The monoisotopic (exact) mass is 335 g/mol. The lowest BCUT2D eigenvalue weighted by atomic mass is 10.1. The molecule has 2 N–H and O–H groups in total.